The Morgan fingerprint density at radius 2 is 1.91 bits per heavy atom. The molecule has 1 atom stereocenters. The van der Waals surface area contributed by atoms with Crippen LogP contribution in [0.3, 0.4) is 0 Å². The normalized spacial score (nSPS) is 18.1. The number of hydrogen-bond donors (Lipinski definition) is 0. The minimum absolute atomic E-state index is 0.0273. The van der Waals surface area contributed by atoms with Crippen molar-refractivity contribution < 1.29 is 0 Å². The van der Waals surface area contributed by atoms with Crippen molar-refractivity contribution in [1.82, 2.24) is 14.5 Å². The number of aromatic nitrogens is 2. The zero-order valence-corrected chi connectivity index (χ0v) is 13.8. The third kappa shape index (κ3) is 2.68. The molecule has 3 rings (SSSR count). The molecule has 0 amide bonds. The highest BCUT2D eigenvalue weighted by molar-refractivity contribution is 8.03. The summed E-state index contributed by atoms with van der Waals surface area (Å²) in [6.45, 7) is 6.77. The van der Waals surface area contributed by atoms with Crippen molar-refractivity contribution in [3.8, 4) is 0 Å². The van der Waals surface area contributed by atoms with E-state index in [0.717, 1.165) is 6.54 Å². The lowest BCUT2D eigenvalue weighted by atomic mass is 10.2. The number of benzene rings is 1. The van der Waals surface area contributed by atoms with Crippen molar-refractivity contribution in [1.29, 1.82) is 0 Å². The van der Waals surface area contributed by atoms with Gasteiger partial charge in [-0.05, 0) is 26.3 Å². The second-order valence-electron chi connectivity index (χ2n) is 5.42. The average Bonchev–Trinajstić information content (AvgIpc) is 2.79. The Morgan fingerprint density at radius 1 is 1.18 bits per heavy atom. The molecule has 0 radical (unpaired) electrons. The Balaban J connectivity index is 1.97. The van der Waals surface area contributed by atoms with Crippen molar-refractivity contribution in [3.05, 3.63) is 74.9 Å². The molecule has 1 aliphatic heterocycles. The smallest absolute Gasteiger partial charge is 0.274 e. The minimum Gasteiger partial charge on any atom is -0.341 e. The summed E-state index contributed by atoms with van der Waals surface area (Å²) < 4.78 is 1.77. The van der Waals surface area contributed by atoms with Gasteiger partial charge in [0.2, 0.25) is 0 Å². The molecule has 0 spiro atoms. The van der Waals surface area contributed by atoms with Gasteiger partial charge in [-0.3, -0.25) is 14.3 Å². The number of thioether (sulfide) groups is 1. The molecule has 22 heavy (non-hydrogen) atoms. The Labute approximate surface area is 134 Å². The maximum Gasteiger partial charge on any atom is 0.274 e. The van der Waals surface area contributed by atoms with E-state index >= 15 is 0 Å². The SMILES string of the molecule is CC1=C(C)N(Cc2ccccc2)C(n2ccnc(C)c2=O)S1. The van der Waals surface area contributed by atoms with Crippen LogP contribution in [-0.2, 0) is 6.54 Å². The molecule has 5 heteroatoms. The van der Waals surface area contributed by atoms with Crippen LogP contribution in [-0.4, -0.2) is 14.5 Å². The Kier molecular flexibility index (Phi) is 4.07. The van der Waals surface area contributed by atoms with Gasteiger partial charge in [0.1, 0.15) is 5.69 Å². The predicted octanol–water partition coefficient (Wildman–Crippen LogP) is 3.51. The molecule has 2 heterocycles. The molecule has 0 saturated heterocycles. The highest BCUT2D eigenvalue weighted by Gasteiger charge is 2.30. The van der Waals surface area contributed by atoms with Gasteiger partial charge in [0.25, 0.3) is 5.56 Å². The third-order valence-corrected chi connectivity index (χ3v) is 5.30. The van der Waals surface area contributed by atoms with E-state index in [0.29, 0.717) is 5.69 Å². The van der Waals surface area contributed by atoms with Crippen LogP contribution in [0.1, 0.15) is 30.6 Å². The van der Waals surface area contributed by atoms with Crippen molar-refractivity contribution in [2.75, 3.05) is 0 Å². The van der Waals surface area contributed by atoms with E-state index in [-0.39, 0.29) is 11.1 Å². The molecular formula is C17H19N3OS. The van der Waals surface area contributed by atoms with E-state index < -0.39 is 0 Å². The first-order chi connectivity index (χ1) is 10.6. The second kappa shape index (κ2) is 6.01. The molecule has 114 valence electrons. The summed E-state index contributed by atoms with van der Waals surface area (Å²) >= 11 is 1.72. The maximum atomic E-state index is 12.4. The van der Waals surface area contributed by atoms with Crippen LogP contribution in [0.25, 0.3) is 0 Å². The number of allylic oxidation sites excluding steroid dienone is 2. The number of hydrogen-bond acceptors (Lipinski definition) is 4. The number of aryl methyl sites for hydroxylation is 1. The zero-order chi connectivity index (χ0) is 15.7. The van der Waals surface area contributed by atoms with Crippen molar-refractivity contribution in [3.63, 3.8) is 0 Å². The Bertz CT molecular complexity index is 767. The largest absolute Gasteiger partial charge is 0.341 e. The van der Waals surface area contributed by atoms with E-state index in [1.165, 1.54) is 16.2 Å². The molecule has 4 nitrogen and oxygen atoms in total. The van der Waals surface area contributed by atoms with Gasteiger partial charge in [0.15, 0.2) is 5.50 Å². The number of rotatable bonds is 3. The van der Waals surface area contributed by atoms with Crippen LogP contribution in [0.4, 0.5) is 0 Å². The van der Waals surface area contributed by atoms with Crippen LogP contribution >= 0.6 is 11.8 Å². The molecule has 0 fully saturated rings. The highest BCUT2D eigenvalue weighted by atomic mass is 32.2. The molecule has 0 saturated carbocycles. The first-order valence-corrected chi connectivity index (χ1v) is 8.14. The predicted molar refractivity (Wildman–Crippen MR) is 90.2 cm³/mol. The lowest BCUT2D eigenvalue weighted by Crippen LogP contribution is -2.33. The Hall–Kier alpha value is -2.01. The van der Waals surface area contributed by atoms with E-state index in [2.05, 4.69) is 35.9 Å². The zero-order valence-electron chi connectivity index (χ0n) is 13.0. The lowest BCUT2D eigenvalue weighted by molar-refractivity contribution is 0.263. The summed E-state index contributed by atoms with van der Waals surface area (Å²) in [4.78, 5) is 20.0. The fourth-order valence-electron chi connectivity index (χ4n) is 2.56. The van der Waals surface area contributed by atoms with E-state index in [4.69, 9.17) is 0 Å². The van der Waals surface area contributed by atoms with E-state index in [1.807, 2.05) is 18.2 Å². The van der Waals surface area contributed by atoms with Crippen LogP contribution in [0.2, 0.25) is 0 Å². The summed E-state index contributed by atoms with van der Waals surface area (Å²) in [6.07, 6.45) is 3.47. The second-order valence-corrected chi connectivity index (χ2v) is 6.69. The van der Waals surface area contributed by atoms with Gasteiger partial charge in [0.05, 0.1) is 0 Å². The summed E-state index contributed by atoms with van der Waals surface area (Å²) in [5, 5.41) is 0. The first-order valence-electron chi connectivity index (χ1n) is 7.26. The molecule has 1 aromatic heterocycles. The molecular weight excluding hydrogens is 294 g/mol. The fourth-order valence-corrected chi connectivity index (χ4v) is 3.80. The van der Waals surface area contributed by atoms with Crippen molar-refractivity contribution >= 4 is 11.8 Å². The summed E-state index contributed by atoms with van der Waals surface area (Å²) in [5.41, 5.74) is 2.92. The molecule has 0 bridgehead atoms. The molecule has 1 unspecified atom stereocenters. The van der Waals surface area contributed by atoms with Gasteiger partial charge < -0.3 is 4.90 Å². The van der Waals surface area contributed by atoms with Gasteiger partial charge in [0, 0.05) is 29.5 Å². The van der Waals surface area contributed by atoms with Crippen LogP contribution < -0.4 is 5.56 Å². The third-order valence-electron chi connectivity index (χ3n) is 3.96. The Morgan fingerprint density at radius 3 is 2.64 bits per heavy atom. The molecule has 1 aliphatic rings. The molecule has 2 aromatic rings. The topological polar surface area (TPSA) is 38.1 Å². The van der Waals surface area contributed by atoms with E-state index in [9.17, 15) is 4.79 Å². The van der Waals surface area contributed by atoms with Crippen LogP contribution in [0.15, 0.2) is 58.1 Å². The summed E-state index contributed by atoms with van der Waals surface area (Å²) in [7, 11) is 0. The van der Waals surface area contributed by atoms with Gasteiger partial charge in [-0.15, -0.1) is 0 Å². The summed E-state index contributed by atoms with van der Waals surface area (Å²) in [5.74, 6) is 0. The van der Waals surface area contributed by atoms with Crippen molar-refractivity contribution in [2.24, 2.45) is 0 Å². The fraction of sp³-hybridized carbons (Fsp3) is 0.294. The lowest BCUT2D eigenvalue weighted by Gasteiger charge is -2.29. The van der Waals surface area contributed by atoms with Gasteiger partial charge >= 0.3 is 0 Å². The molecule has 0 N–H and O–H groups in total. The van der Waals surface area contributed by atoms with Gasteiger partial charge in [-0.1, -0.05) is 42.1 Å². The van der Waals surface area contributed by atoms with Crippen LogP contribution in [0, 0.1) is 6.92 Å². The average molecular weight is 313 g/mol. The van der Waals surface area contributed by atoms with Crippen LogP contribution in [0.5, 0.6) is 0 Å². The molecule has 0 aliphatic carbocycles. The quantitative estimate of drug-likeness (QED) is 0.869. The maximum absolute atomic E-state index is 12.4. The first kappa shape index (κ1) is 14.9. The van der Waals surface area contributed by atoms with Crippen molar-refractivity contribution in [2.45, 2.75) is 32.8 Å². The number of nitrogens with zero attached hydrogens (tertiary/aromatic N) is 3. The minimum atomic E-state index is -0.0468. The van der Waals surface area contributed by atoms with Gasteiger partial charge in [-0.2, -0.15) is 0 Å². The highest BCUT2D eigenvalue weighted by Crippen LogP contribution is 2.44. The monoisotopic (exact) mass is 313 g/mol. The van der Waals surface area contributed by atoms with E-state index in [1.54, 1.807) is 35.6 Å². The molecule has 1 aromatic carbocycles. The summed E-state index contributed by atoms with van der Waals surface area (Å²) in [6, 6.07) is 10.3. The van der Waals surface area contributed by atoms with Gasteiger partial charge in [-0.25, -0.2) is 0 Å². The standard InChI is InChI=1S/C17H19N3OS/c1-12-16(21)19(10-9-18-12)17-20(13(2)14(3)22-17)11-15-7-5-4-6-8-15/h4-10,17H,11H2,1-3H3.